The molecule has 2 aliphatic rings. The zero-order valence-corrected chi connectivity index (χ0v) is 10.1. The minimum absolute atomic E-state index is 0.0890. The summed E-state index contributed by atoms with van der Waals surface area (Å²) in [5.41, 5.74) is 0. The van der Waals surface area contributed by atoms with Crippen molar-refractivity contribution in [1.29, 1.82) is 0 Å². The van der Waals surface area contributed by atoms with Gasteiger partial charge in [-0.2, -0.15) is 0 Å². The van der Waals surface area contributed by atoms with Gasteiger partial charge in [0.05, 0.1) is 0 Å². The summed E-state index contributed by atoms with van der Waals surface area (Å²) in [5, 5.41) is 9.55. The number of piperazine rings is 1. The van der Waals surface area contributed by atoms with Gasteiger partial charge in [-0.1, -0.05) is 0 Å². The first-order valence-corrected chi connectivity index (χ1v) is 6.18. The lowest BCUT2D eigenvalue weighted by Crippen LogP contribution is -2.58. The number of hydrogen-bond acceptors (Lipinski definition) is 3. The van der Waals surface area contributed by atoms with Crippen LogP contribution in [-0.4, -0.2) is 53.6 Å². The predicted octanol–water partition coefficient (Wildman–Crippen LogP) is 0.758. The predicted molar refractivity (Wildman–Crippen MR) is 64.7 cm³/mol. The molecule has 0 amide bonds. The van der Waals surface area contributed by atoms with Crippen molar-refractivity contribution in [1.82, 2.24) is 9.71 Å². The van der Waals surface area contributed by atoms with Crippen LogP contribution < -0.4 is 0 Å². The van der Waals surface area contributed by atoms with Crippen LogP contribution in [-0.2, 0) is 0 Å². The van der Waals surface area contributed by atoms with Gasteiger partial charge in [0, 0.05) is 31.6 Å². The lowest BCUT2D eigenvalue weighted by molar-refractivity contribution is 0.0846. The van der Waals surface area contributed by atoms with Gasteiger partial charge in [-0.25, -0.2) is 11.5 Å². The standard InChI is InChI=1S/C11H20BN3O/c1-9-8-14(12(2)16)6-7-15(9)11(13-3)10-4-5-10/h9-11,16H,4-8H2,1-2H3/t9-,11?/m0/s1. The van der Waals surface area contributed by atoms with Crippen molar-refractivity contribution >= 4 is 7.05 Å². The normalized spacial score (nSPS) is 29.8. The van der Waals surface area contributed by atoms with Crippen molar-refractivity contribution in [2.24, 2.45) is 5.92 Å². The van der Waals surface area contributed by atoms with E-state index in [0.717, 1.165) is 19.6 Å². The van der Waals surface area contributed by atoms with E-state index >= 15 is 0 Å². The Hall–Kier alpha value is -0.565. The molecule has 0 radical (unpaired) electrons. The Morgan fingerprint density at radius 2 is 2.12 bits per heavy atom. The smallest absolute Gasteiger partial charge is 0.376 e. The lowest BCUT2D eigenvalue weighted by atomic mass is 9.83. The van der Waals surface area contributed by atoms with Crippen LogP contribution in [0.5, 0.6) is 0 Å². The van der Waals surface area contributed by atoms with Gasteiger partial charge in [0.1, 0.15) is 0 Å². The van der Waals surface area contributed by atoms with Crippen molar-refractivity contribution < 1.29 is 5.02 Å². The third-order valence-electron chi connectivity index (χ3n) is 3.75. The van der Waals surface area contributed by atoms with E-state index < -0.39 is 0 Å². The molecule has 0 aromatic rings. The van der Waals surface area contributed by atoms with E-state index in [2.05, 4.69) is 21.5 Å². The second-order valence-corrected chi connectivity index (χ2v) is 5.09. The van der Waals surface area contributed by atoms with Crippen molar-refractivity contribution in [2.75, 3.05) is 19.6 Å². The Bertz CT molecular complexity index is 287. The van der Waals surface area contributed by atoms with Crippen LogP contribution >= 0.6 is 0 Å². The summed E-state index contributed by atoms with van der Waals surface area (Å²) in [6, 6.07) is 0.378. The molecule has 1 aliphatic heterocycles. The van der Waals surface area contributed by atoms with Crippen LogP contribution in [0.2, 0.25) is 6.82 Å². The highest BCUT2D eigenvalue weighted by Gasteiger charge is 2.44. The molecule has 5 heteroatoms. The summed E-state index contributed by atoms with van der Waals surface area (Å²) < 4.78 is 0. The highest BCUT2D eigenvalue weighted by Crippen LogP contribution is 2.37. The second kappa shape index (κ2) is 4.74. The van der Waals surface area contributed by atoms with Gasteiger partial charge in [-0.05, 0) is 26.6 Å². The van der Waals surface area contributed by atoms with E-state index in [1.807, 2.05) is 6.82 Å². The molecule has 0 spiro atoms. The molecule has 16 heavy (non-hydrogen) atoms. The van der Waals surface area contributed by atoms with Crippen LogP contribution in [0.15, 0.2) is 0 Å². The van der Waals surface area contributed by atoms with E-state index in [9.17, 15) is 5.02 Å². The summed E-state index contributed by atoms with van der Waals surface area (Å²) in [6.07, 6.45) is 2.53. The number of hydrogen-bond donors (Lipinski definition) is 1. The summed E-state index contributed by atoms with van der Waals surface area (Å²) in [6.45, 7) is 13.9. The molecule has 0 aromatic heterocycles. The molecule has 1 saturated carbocycles. The van der Waals surface area contributed by atoms with E-state index in [0.29, 0.717) is 12.0 Å². The first-order valence-electron chi connectivity index (χ1n) is 6.18. The average Bonchev–Trinajstić information content (AvgIpc) is 3.05. The summed E-state index contributed by atoms with van der Waals surface area (Å²) >= 11 is 0. The molecule has 4 nitrogen and oxygen atoms in total. The van der Waals surface area contributed by atoms with Crippen LogP contribution in [0, 0.1) is 12.5 Å². The van der Waals surface area contributed by atoms with Gasteiger partial charge in [0.2, 0.25) is 0 Å². The quantitative estimate of drug-likeness (QED) is 0.563. The Morgan fingerprint density at radius 1 is 1.44 bits per heavy atom. The minimum atomic E-state index is -0.364. The van der Waals surface area contributed by atoms with E-state index in [1.165, 1.54) is 12.8 Å². The molecule has 1 aliphatic carbocycles. The fourth-order valence-corrected chi connectivity index (χ4v) is 2.58. The maximum atomic E-state index is 9.55. The topological polar surface area (TPSA) is 31.1 Å². The van der Waals surface area contributed by atoms with Gasteiger partial charge in [-0.15, -0.1) is 0 Å². The molecule has 2 rings (SSSR count). The molecule has 1 unspecified atom stereocenters. The summed E-state index contributed by atoms with van der Waals surface area (Å²) in [5.74, 6) is 0.609. The van der Waals surface area contributed by atoms with Crippen LogP contribution in [0.1, 0.15) is 19.8 Å². The van der Waals surface area contributed by atoms with Gasteiger partial charge < -0.3 is 9.83 Å². The van der Waals surface area contributed by atoms with Gasteiger partial charge in [0.15, 0.2) is 0 Å². The zero-order chi connectivity index (χ0) is 11.7. The maximum absolute atomic E-state index is 9.55. The van der Waals surface area contributed by atoms with Gasteiger partial charge >= 0.3 is 7.05 Å². The fourth-order valence-electron chi connectivity index (χ4n) is 2.58. The van der Waals surface area contributed by atoms with Crippen LogP contribution in [0.25, 0.3) is 4.85 Å². The maximum Gasteiger partial charge on any atom is 0.376 e. The summed E-state index contributed by atoms with van der Waals surface area (Å²) in [7, 11) is -0.364. The molecule has 1 N–H and O–H groups in total. The molecule has 1 heterocycles. The van der Waals surface area contributed by atoms with Crippen molar-refractivity contribution in [3.05, 3.63) is 11.4 Å². The SMILES string of the molecule is [C-]#[N+]C(C1CC1)N1CCN(B(C)O)C[C@@H]1C. The minimum Gasteiger partial charge on any atom is -0.437 e. The highest BCUT2D eigenvalue weighted by atomic mass is 16.2. The van der Waals surface area contributed by atoms with E-state index in [-0.39, 0.29) is 13.2 Å². The molecule has 0 bridgehead atoms. The van der Waals surface area contributed by atoms with Crippen LogP contribution in [0.4, 0.5) is 0 Å². The van der Waals surface area contributed by atoms with Crippen molar-refractivity contribution in [3.63, 3.8) is 0 Å². The molecule has 1 saturated heterocycles. The van der Waals surface area contributed by atoms with Crippen LogP contribution in [0.3, 0.4) is 0 Å². The highest BCUT2D eigenvalue weighted by molar-refractivity contribution is 6.45. The monoisotopic (exact) mass is 221 g/mol. The second-order valence-electron chi connectivity index (χ2n) is 5.09. The Kier molecular flexibility index (Phi) is 3.53. The number of nitrogens with zero attached hydrogens (tertiary/aromatic N) is 3. The Balaban J connectivity index is 1.95. The average molecular weight is 221 g/mol. The first kappa shape index (κ1) is 11.9. The van der Waals surface area contributed by atoms with E-state index in [1.54, 1.807) is 0 Å². The van der Waals surface area contributed by atoms with Crippen molar-refractivity contribution in [3.8, 4) is 0 Å². The Labute approximate surface area is 98.2 Å². The summed E-state index contributed by atoms with van der Waals surface area (Å²) in [4.78, 5) is 8.19. The molecule has 0 aromatic carbocycles. The molecule has 2 atom stereocenters. The Morgan fingerprint density at radius 3 is 2.56 bits per heavy atom. The fraction of sp³-hybridized carbons (Fsp3) is 0.909. The molecular weight excluding hydrogens is 201 g/mol. The largest absolute Gasteiger partial charge is 0.437 e. The van der Waals surface area contributed by atoms with Gasteiger partial charge in [0.25, 0.3) is 6.17 Å². The molecule has 2 fully saturated rings. The lowest BCUT2D eigenvalue weighted by Gasteiger charge is -2.40. The zero-order valence-electron chi connectivity index (χ0n) is 10.1. The van der Waals surface area contributed by atoms with Gasteiger partial charge in [-0.3, -0.25) is 4.85 Å². The van der Waals surface area contributed by atoms with Crippen molar-refractivity contribution in [2.45, 2.75) is 38.8 Å². The third-order valence-corrected chi connectivity index (χ3v) is 3.75. The molecule has 88 valence electrons. The molecular formula is C11H20BN3O. The number of rotatable bonds is 3. The third kappa shape index (κ3) is 2.40. The van der Waals surface area contributed by atoms with E-state index in [4.69, 9.17) is 6.57 Å². The first-order chi connectivity index (χ1) is 7.63.